The van der Waals surface area contributed by atoms with Gasteiger partial charge in [0.2, 0.25) is 5.91 Å². The molecule has 0 aliphatic carbocycles. The molecule has 0 aromatic carbocycles. The number of methoxy groups -OCH3 is 1. The first-order valence-electron chi connectivity index (χ1n) is 4.63. The quantitative estimate of drug-likeness (QED) is 0.582. The first-order valence-corrected chi connectivity index (χ1v) is 4.63. The van der Waals surface area contributed by atoms with Crippen molar-refractivity contribution in [2.75, 3.05) is 34.4 Å². The zero-order valence-corrected chi connectivity index (χ0v) is 9.32. The lowest BCUT2D eigenvalue weighted by Crippen LogP contribution is -2.44. The zero-order chi connectivity index (χ0) is 11.8. The van der Waals surface area contributed by atoms with Crippen molar-refractivity contribution < 1.29 is 19.4 Å². The van der Waals surface area contributed by atoms with Crippen molar-refractivity contribution in [2.24, 2.45) is 0 Å². The fourth-order valence-corrected chi connectivity index (χ4v) is 1.02. The minimum atomic E-state index is -1.04. The summed E-state index contributed by atoms with van der Waals surface area (Å²) in [5.41, 5.74) is 0. The summed E-state index contributed by atoms with van der Waals surface area (Å²) >= 11 is 0. The van der Waals surface area contributed by atoms with E-state index in [0.717, 1.165) is 0 Å². The number of carbonyl (C=O) groups is 2. The number of carbonyl (C=O) groups excluding carboxylic acids is 1. The molecule has 0 aromatic rings. The van der Waals surface area contributed by atoms with Crippen molar-refractivity contribution >= 4 is 11.9 Å². The molecule has 0 spiro atoms. The van der Waals surface area contributed by atoms with Crippen molar-refractivity contribution in [3.8, 4) is 0 Å². The van der Waals surface area contributed by atoms with E-state index < -0.39 is 12.0 Å². The maximum absolute atomic E-state index is 11.3. The van der Waals surface area contributed by atoms with Crippen LogP contribution in [0.5, 0.6) is 0 Å². The first kappa shape index (κ1) is 13.9. The first-order chi connectivity index (χ1) is 6.97. The third-order valence-corrected chi connectivity index (χ3v) is 1.70. The minimum absolute atomic E-state index is 0.177. The molecule has 0 saturated carbocycles. The Kier molecular flexibility index (Phi) is 6.64. The second-order valence-corrected chi connectivity index (χ2v) is 3.48. The predicted molar refractivity (Wildman–Crippen MR) is 54.6 cm³/mol. The molecule has 1 amide bonds. The van der Waals surface area contributed by atoms with E-state index in [2.05, 4.69) is 5.32 Å². The van der Waals surface area contributed by atoms with Gasteiger partial charge >= 0.3 is 5.97 Å². The Morgan fingerprint density at radius 1 is 1.47 bits per heavy atom. The van der Waals surface area contributed by atoms with Gasteiger partial charge in [-0.25, -0.2) is 4.79 Å². The Hall–Kier alpha value is -1.14. The zero-order valence-electron chi connectivity index (χ0n) is 9.32. The number of nitrogens with one attached hydrogen (secondary N) is 1. The molecule has 2 N–H and O–H groups in total. The molecule has 6 heteroatoms. The highest BCUT2D eigenvalue weighted by atomic mass is 16.5. The fourth-order valence-electron chi connectivity index (χ4n) is 1.02. The van der Waals surface area contributed by atoms with Gasteiger partial charge in [-0.3, -0.25) is 4.79 Å². The summed E-state index contributed by atoms with van der Waals surface area (Å²) in [4.78, 5) is 23.7. The average molecular weight is 218 g/mol. The van der Waals surface area contributed by atoms with Crippen LogP contribution in [0, 0.1) is 0 Å². The van der Waals surface area contributed by atoms with E-state index in [4.69, 9.17) is 9.84 Å². The summed E-state index contributed by atoms with van der Waals surface area (Å²) in [5, 5.41) is 11.2. The van der Waals surface area contributed by atoms with Gasteiger partial charge in [0.05, 0.1) is 6.54 Å². The van der Waals surface area contributed by atoms with Crippen LogP contribution in [0.25, 0.3) is 0 Å². The molecule has 0 bridgehead atoms. The van der Waals surface area contributed by atoms with Gasteiger partial charge in [-0.05, 0) is 14.1 Å². The van der Waals surface area contributed by atoms with Gasteiger partial charge < -0.3 is 20.1 Å². The molecule has 15 heavy (non-hydrogen) atoms. The SMILES string of the molecule is COCCC(NC(=O)CN(C)C)C(=O)O. The molecule has 0 saturated heterocycles. The number of hydrogen-bond acceptors (Lipinski definition) is 4. The summed E-state index contributed by atoms with van der Waals surface area (Å²) in [6.45, 7) is 0.482. The highest BCUT2D eigenvalue weighted by Gasteiger charge is 2.19. The fraction of sp³-hybridized carbons (Fsp3) is 0.778. The van der Waals surface area contributed by atoms with E-state index in [-0.39, 0.29) is 18.9 Å². The van der Waals surface area contributed by atoms with Crippen LogP contribution < -0.4 is 5.32 Å². The van der Waals surface area contributed by atoms with Crippen molar-refractivity contribution in [3.05, 3.63) is 0 Å². The third kappa shape index (κ3) is 6.87. The molecule has 1 unspecified atom stereocenters. The molecule has 0 aromatic heterocycles. The molecule has 0 rings (SSSR count). The number of amides is 1. The Morgan fingerprint density at radius 3 is 2.47 bits per heavy atom. The van der Waals surface area contributed by atoms with Crippen molar-refractivity contribution in [1.82, 2.24) is 10.2 Å². The van der Waals surface area contributed by atoms with E-state index in [1.165, 1.54) is 7.11 Å². The normalized spacial score (nSPS) is 12.5. The highest BCUT2D eigenvalue weighted by Crippen LogP contribution is 1.93. The standard InChI is InChI=1S/C9H18N2O4/c1-11(2)6-8(12)10-7(9(13)14)4-5-15-3/h7H,4-6H2,1-3H3,(H,10,12)(H,13,14). The molecule has 0 fully saturated rings. The minimum Gasteiger partial charge on any atom is -0.480 e. The molecule has 0 aliphatic rings. The summed E-state index contributed by atoms with van der Waals surface area (Å²) in [6, 6.07) is -0.877. The smallest absolute Gasteiger partial charge is 0.326 e. The van der Waals surface area contributed by atoms with Crippen LogP contribution in [0.2, 0.25) is 0 Å². The molecule has 88 valence electrons. The molecular formula is C9H18N2O4. The van der Waals surface area contributed by atoms with Gasteiger partial charge in [0.15, 0.2) is 0 Å². The lowest BCUT2D eigenvalue weighted by Gasteiger charge is -2.15. The number of carboxylic acids is 1. The Balaban J connectivity index is 4.04. The number of rotatable bonds is 7. The van der Waals surface area contributed by atoms with Crippen LogP contribution in [0.15, 0.2) is 0 Å². The number of aliphatic carboxylic acids is 1. The van der Waals surface area contributed by atoms with Gasteiger partial charge in [0.1, 0.15) is 6.04 Å². The van der Waals surface area contributed by atoms with E-state index >= 15 is 0 Å². The lowest BCUT2D eigenvalue weighted by atomic mass is 10.2. The van der Waals surface area contributed by atoms with Gasteiger partial charge in [-0.15, -0.1) is 0 Å². The van der Waals surface area contributed by atoms with E-state index in [0.29, 0.717) is 6.61 Å². The highest BCUT2D eigenvalue weighted by molar-refractivity contribution is 5.84. The largest absolute Gasteiger partial charge is 0.480 e. The molecule has 0 aliphatic heterocycles. The Bertz CT molecular complexity index is 218. The third-order valence-electron chi connectivity index (χ3n) is 1.70. The number of nitrogens with zero attached hydrogens (tertiary/aromatic N) is 1. The topological polar surface area (TPSA) is 78.9 Å². The summed E-state index contributed by atoms with van der Waals surface area (Å²) in [5.74, 6) is -1.34. The van der Waals surface area contributed by atoms with Crippen molar-refractivity contribution in [2.45, 2.75) is 12.5 Å². The van der Waals surface area contributed by atoms with Crippen LogP contribution in [-0.2, 0) is 14.3 Å². The summed E-state index contributed by atoms with van der Waals surface area (Å²) in [7, 11) is 4.97. The predicted octanol–water partition coefficient (Wildman–Crippen LogP) is -0.846. The van der Waals surface area contributed by atoms with Crippen LogP contribution in [0.4, 0.5) is 0 Å². The van der Waals surface area contributed by atoms with Crippen LogP contribution >= 0.6 is 0 Å². The molecule has 0 radical (unpaired) electrons. The summed E-state index contributed by atoms with van der Waals surface area (Å²) in [6.07, 6.45) is 0.269. The number of hydrogen-bond donors (Lipinski definition) is 2. The van der Waals surface area contributed by atoms with E-state index in [9.17, 15) is 9.59 Å². The van der Waals surface area contributed by atoms with Gasteiger partial charge in [0, 0.05) is 20.1 Å². The monoisotopic (exact) mass is 218 g/mol. The number of likely N-dealkylation sites (N-methyl/N-ethyl adjacent to an activating group) is 1. The molecule has 0 heterocycles. The second kappa shape index (κ2) is 7.19. The van der Waals surface area contributed by atoms with Crippen LogP contribution in [-0.4, -0.2) is 62.3 Å². The summed E-state index contributed by atoms with van der Waals surface area (Å²) < 4.78 is 4.76. The van der Waals surface area contributed by atoms with E-state index in [1.807, 2.05) is 0 Å². The van der Waals surface area contributed by atoms with Crippen LogP contribution in [0.1, 0.15) is 6.42 Å². The molecule has 6 nitrogen and oxygen atoms in total. The lowest BCUT2D eigenvalue weighted by molar-refractivity contribution is -0.142. The number of carboxylic acid groups (broad SMARTS) is 1. The van der Waals surface area contributed by atoms with Crippen molar-refractivity contribution in [3.63, 3.8) is 0 Å². The maximum atomic E-state index is 11.3. The number of ether oxygens (including phenoxy) is 1. The Morgan fingerprint density at radius 2 is 2.07 bits per heavy atom. The van der Waals surface area contributed by atoms with Gasteiger partial charge in [-0.2, -0.15) is 0 Å². The molecule has 1 atom stereocenters. The maximum Gasteiger partial charge on any atom is 0.326 e. The van der Waals surface area contributed by atoms with Crippen LogP contribution in [0.3, 0.4) is 0 Å². The van der Waals surface area contributed by atoms with Gasteiger partial charge in [0.25, 0.3) is 0 Å². The van der Waals surface area contributed by atoms with Crippen molar-refractivity contribution in [1.29, 1.82) is 0 Å². The van der Waals surface area contributed by atoms with E-state index in [1.54, 1.807) is 19.0 Å². The average Bonchev–Trinajstić information content (AvgIpc) is 2.10. The Labute approximate surface area is 89.2 Å². The molecular weight excluding hydrogens is 200 g/mol. The second-order valence-electron chi connectivity index (χ2n) is 3.48. The van der Waals surface area contributed by atoms with Gasteiger partial charge in [-0.1, -0.05) is 0 Å².